The van der Waals surface area contributed by atoms with Crippen LogP contribution in [0.25, 0.3) is 34.0 Å². The molecule has 0 saturated carbocycles. The van der Waals surface area contributed by atoms with E-state index in [-0.39, 0.29) is 24.0 Å². The standard InChI is InChI=1S/C24H23N3O.HI/c1-26-19(11-10-18-17-25-22-8-4-2-6-20(18)22)16-24(27-12-14-28-15-13-27)21-7-3-5-9-23(21)26;/h2-11,16-17H,12-15H2,1H3;1H. The minimum atomic E-state index is 0. The van der Waals surface area contributed by atoms with Crippen LogP contribution in [0.3, 0.4) is 0 Å². The van der Waals surface area contributed by atoms with Crippen molar-refractivity contribution >= 4 is 39.6 Å². The van der Waals surface area contributed by atoms with Crippen LogP contribution < -0.4 is 33.4 Å². The highest BCUT2D eigenvalue weighted by Crippen LogP contribution is 2.27. The molecule has 4 nitrogen and oxygen atoms in total. The molecule has 4 aromatic rings. The van der Waals surface area contributed by atoms with Crippen LogP contribution in [-0.4, -0.2) is 31.3 Å². The summed E-state index contributed by atoms with van der Waals surface area (Å²) in [6.45, 7) is 3.44. The van der Waals surface area contributed by atoms with Gasteiger partial charge in [0.15, 0.2) is 0 Å². The van der Waals surface area contributed by atoms with E-state index in [1.54, 1.807) is 0 Å². The number of para-hydroxylation sites is 2. The molecule has 3 heterocycles. The van der Waals surface area contributed by atoms with Crippen molar-refractivity contribution in [1.29, 1.82) is 0 Å². The van der Waals surface area contributed by atoms with Gasteiger partial charge in [-0.1, -0.05) is 30.3 Å². The fourth-order valence-electron chi connectivity index (χ4n) is 4.07. The van der Waals surface area contributed by atoms with Crippen LogP contribution in [0.15, 0.2) is 60.8 Å². The molecule has 148 valence electrons. The highest BCUT2D eigenvalue weighted by atomic mass is 127. The van der Waals surface area contributed by atoms with Crippen molar-refractivity contribution in [2.75, 3.05) is 31.2 Å². The lowest BCUT2D eigenvalue weighted by molar-refractivity contribution is -0.646. The van der Waals surface area contributed by atoms with Gasteiger partial charge in [0, 0.05) is 48.4 Å². The van der Waals surface area contributed by atoms with Crippen molar-refractivity contribution in [1.82, 2.24) is 4.98 Å². The molecule has 1 fully saturated rings. The number of hydrogen-bond donors (Lipinski definition) is 1. The number of aromatic amines is 1. The van der Waals surface area contributed by atoms with Crippen LogP contribution in [0.4, 0.5) is 5.69 Å². The maximum absolute atomic E-state index is 5.56. The van der Waals surface area contributed by atoms with Crippen molar-refractivity contribution in [3.63, 3.8) is 0 Å². The number of halogens is 1. The van der Waals surface area contributed by atoms with Crippen molar-refractivity contribution in [2.45, 2.75) is 0 Å². The smallest absolute Gasteiger partial charge is 0.214 e. The molecule has 0 radical (unpaired) electrons. The maximum Gasteiger partial charge on any atom is 0.214 e. The van der Waals surface area contributed by atoms with Gasteiger partial charge in [-0.15, -0.1) is 0 Å². The highest BCUT2D eigenvalue weighted by Gasteiger charge is 2.20. The maximum atomic E-state index is 5.56. The summed E-state index contributed by atoms with van der Waals surface area (Å²) < 4.78 is 7.83. The van der Waals surface area contributed by atoms with Crippen molar-refractivity contribution in [3.05, 3.63) is 72.1 Å². The normalized spacial score (nSPS) is 14.6. The Morgan fingerprint density at radius 1 is 0.966 bits per heavy atom. The monoisotopic (exact) mass is 497 g/mol. The first-order valence-electron chi connectivity index (χ1n) is 9.80. The average molecular weight is 497 g/mol. The number of H-pyrrole nitrogens is 1. The molecule has 5 heteroatoms. The third-order valence-corrected chi connectivity index (χ3v) is 5.62. The zero-order valence-electron chi connectivity index (χ0n) is 16.4. The Hall–Kier alpha value is -2.38. The SMILES string of the molecule is C[n+]1c(/C=C/c2c[nH]c3ccccc23)cc(N2CCOCC2)c2ccccc21.[I-]. The Labute approximate surface area is 187 Å². The van der Waals surface area contributed by atoms with Crippen LogP contribution in [0.1, 0.15) is 11.3 Å². The number of rotatable bonds is 3. The Bertz CT molecular complexity index is 1180. The molecule has 2 aromatic carbocycles. The second kappa shape index (κ2) is 8.55. The second-order valence-electron chi connectivity index (χ2n) is 7.25. The van der Waals surface area contributed by atoms with E-state index < -0.39 is 0 Å². The van der Waals surface area contributed by atoms with Crippen molar-refractivity contribution < 1.29 is 33.3 Å². The lowest BCUT2D eigenvalue weighted by atomic mass is 10.1. The first kappa shape index (κ1) is 19.9. The summed E-state index contributed by atoms with van der Waals surface area (Å²) in [5.74, 6) is 0. The quantitative estimate of drug-likeness (QED) is 0.341. The van der Waals surface area contributed by atoms with Crippen LogP contribution in [0, 0.1) is 0 Å². The van der Waals surface area contributed by atoms with Gasteiger partial charge >= 0.3 is 0 Å². The highest BCUT2D eigenvalue weighted by molar-refractivity contribution is 5.93. The number of aromatic nitrogens is 2. The molecule has 5 rings (SSSR count). The van der Waals surface area contributed by atoms with E-state index in [0.717, 1.165) is 26.3 Å². The molecule has 0 unspecified atom stereocenters. The zero-order valence-corrected chi connectivity index (χ0v) is 18.6. The molecule has 0 atom stereocenters. The van der Waals surface area contributed by atoms with E-state index in [4.69, 9.17) is 4.74 Å². The largest absolute Gasteiger partial charge is 1.00 e. The summed E-state index contributed by atoms with van der Waals surface area (Å²) in [4.78, 5) is 5.79. The van der Waals surface area contributed by atoms with Crippen LogP contribution in [0.5, 0.6) is 0 Å². The number of pyridine rings is 1. The number of fused-ring (bicyclic) bond motifs is 2. The average Bonchev–Trinajstić information content (AvgIpc) is 3.17. The first-order chi connectivity index (χ1) is 13.8. The minimum absolute atomic E-state index is 0. The Morgan fingerprint density at radius 3 is 2.52 bits per heavy atom. The second-order valence-corrected chi connectivity index (χ2v) is 7.25. The van der Waals surface area contributed by atoms with E-state index in [1.807, 2.05) is 0 Å². The van der Waals surface area contributed by atoms with E-state index in [9.17, 15) is 0 Å². The summed E-state index contributed by atoms with van der Waals surface area (Å²) >= 11 is 0. The number of nitrogens with one attached hydrogen (secondary N) is 1. The van der Waals surface area contributed by atoms with E-state index in [0.29, 0.717) is 0 Å². The molecule has 0 spiro atoms. The van der Waals surface area contributed by atoms with E-state index in [2.05, 4.69) is 94.4 Å². The predicted molar refractivity (Wildman–Crippen MR) is 115 cm³/mol. The summed E-state index contributed by atoms with van der Waals surface area (Å²) in [6.07, 6.45) is 6.49. The Kier molecular flexibility index (Phi) is 5.87. The number of nitrogens with zero attached hydrogens (tertiary/aromatic N) is 2. The molecular formula is C24H24IN3O. The number of aryl methyl sites for hydroxylation is 1. The first-order valence-corrected chi connectivity index (χ1v) is 9.80. The fourth-order valence-corrected chi connectivity index (χ4v) is 4.07. The van der Waals surface area contributed by atoms with Gasteiger partial charge in [0.1, 0.15) is 7.05 Å². The van der Waals surface area contributed by atoms with Gasteiger partial charge in [-0.25, -0.2) is 0 Å². The number of hydrogen-bond acceptors (Lipinski definition) is 2. The van der Waals surface area contributed by atoms with Gasteiger partial charge in [-0.3, -0.25) is 0 Å². The van der Waals surface area contributed by atoms with Crippen molar-refractivity contribution in [3.8, 4) is 0 Å². The summed E-state index contributed by atoms with van der Waals surface area (Å²) in [5.41, 5.74) is 6.09. The molecule has 1 aliphatic heterocycles. The number of anilines is 1. The van der Waals surface area contributed by atoms with Gasteiger partial charge in [0.25, 0.3) is 0 Å². The lowest BCUT2D eigenvalue weighted by Crippen LogP contribution is -3.00. The Balaban J connectivity index is 0.00000205. The van der Waals surface area contributed by atoms with Gasteiger partial charge < -0.3 is 38.6 Å². The number of ether oxygens (including phenoxy) is 1. The molecule has 1 saturated heterocycles. The van der Waals surface area contributed by atoms with Crippen LogP contribution in [-0.2, 0) is 11.8 Å². The third-order valence-electron chi connectivity index (χ3n) is 5.62. The number of morpholine rings is 1. The summed E-state index contributed by atoms with van der Waals surface area (Å²) in [6, 6.07) is 19.4. The van der Waals surface area contributed by atoms with Crippen LogP contribution in [0.2, 0.25) is 0 Å². The zero-order chi connectivity index (χ0) is 18.9. The minimum Gasteiger partial charge on any atom is -1.00 e. The summed E-state index contributed by atoms with van der Waals surface area (Å²) in [7, 11) is 2.14. The number of benzene rings is 2. The predicted octanol–water partition coefficient (Wildman–Crippen LogP) is 1.16. The molecule has 0 aliphatic carbocycles. The third kappa shape index (κ3) is 3.76. The van der Waals surface area contributed by atoms with Gasteiger partial charge in [-0.2, -0.15) is 4.57 Å². The van der Waals surface area contributed by atoms with E-state index in [1.165, 1.54) is 38.8 Å². The van der Waals surface area contributed by atoms with E-state index >= 15 is 0 Å². The van der Waals surface area contributed by atoms with Crippen LogP contribution >= 0.6 is 0 Å². The summed E-state index contributed by atoms with van der Waals surface area (Å²) in [5, 5.41) is 2.53. The molecule has 1 aliphatic rings. The van der Waals surface area contributed by atoms with Gasteiger partial charge in [-0.05, 0) is 23.8 Å². The topological polar surface area (TPSA) is 32.1 Å². The molecule has 2 aromatic heterocycles. The molecular weight excluding hydrogens is 473 g/mol. The van der Waals surface area contributed by atoms with Gasteiger partial charge in [0.2, 0.25) is 11.2 Å². The molecule has 29 heavy (non-hydrogen) atoms. The molecule has 0 amide bonds. The van der Waals surface area contributed by atoms with Gasteiger partial charge in [0.05, 0.1) is 24.3 Å². The molecule has 1 N–H and O–H groups in total. The molecule has 0 bridgehead atoms. The lowest BCUT2D eigenvalue weighted by Gasteiger charge is -2.29. The van der Waals surface area contributed by atoms with Crippen molar-refractivity contribution in [2.24, 2.45) is 7.05 Å². The Morgan fingerprint density at radius 2 is 1.69 bits per heavy atom. The fraction of sp³-hybridized carbons (Fsp3) is 0.208.